The summed E-state index contributed by atoms with van der Waals surface area (Å²) in [5, 5.41) is 15.7. The molecule has 0 aromatic heterocycles. The van der Waals surface area contributed by atoms with Crippen LogP contribution in [0.15, 0.2) is 12.2 Å². The van der Waals surface area contributed by atoms with Gasteiger partial charge in [-0.3, -0.25) is 0 Å². The van der Waals surface area contributed by atoms with E-state index in [9.17, 15) is 0 Å². The van der Waals surface area contributed by atoms with Crippen LogP contribution in [0, 0.1) is 22.7 Å². The molecule has 0 bridgehead atoms. The molecule has 0 aromatic rings. The molecule has 0 N–H and O–H groups in total. The fraction of sp³-hybridized carbons (Fsp3) is 0.200. The zero-order valence-electron chi connectivity index (χ0n) is 3.76. The third-order valence-corrected chi connectivity index (χ3v) is 0.402. The van der Waals surface area contributed by atoms with E-state index in [2.05, 4.69) is 0 Å². The molecule has 0 amide bonds. The normalized spacial score (nSPS) is 7.71. The largest absolute Gasteiger partial charge is 0.198 e. The Kier molecular flexibility index (Phi) is 3.86. The molecule has 0 heterocycles. The molecule has 0 saturated heterocycles. The van der Waals surface area contributed by atoms with Crippen LogP contribution < -0.4 is 0 Å². The van der Waals surface area contributed by atoms with Gasteiger partial charge in [0.25, 0.3) is 0 Å². The Morgan fingerprint density at radius 2 is 2.14 bits per heavy atom. The number of hydrogen-bond acceptors (Lipinski definition) is 2. The van der Waals surface area contributed by atoms with E-state index in [1.54, 1.807) is 6.07 Å². The Morgan fingerprint density at radius 1 is 1.43 bits per heavy atom. The highest BCUT2D eigenvalue weighted by Crippen LogP contribution is 1.74. The summed E-state index contributed by atoms with van der Waals surface area (Å²) in [6.45, 7) is 0. The van der Waals surface area contributed by atoms with Crippen LogP contribution in [0.2, 0.25) is 0 Å². The second kappa shape index (κ2) is 4.72. The van der Waals surface area contributed by atoms with Crippen molar-refractivity contribution in [2.45, 2.75) is 6.42 Å². The average Bonchev–Trinajstić information content (AvgIpc) is 1.69. The van der Waals surface area contributed by atoms with Crippen molar-refractivity contribution in [3.8, 4) is 12.1 Å². The third-order valence-electron chi connectivity index (χ3n) is 0.402. The maximum absolute atomic E-state index is 7.88. The van der Waals surface area contributed by atoms with Crippen LogP contribution >= 0.6 is 0 Å². The van der Waals surface area contributed by atoms with Crippen molar-refractivity contribution in [1.82, 2.24) is 0 Å². The second-order valence-corrected chi connectivity index (χ2v) is 0.894. The molecule has 0 aliphatic carbocycles. The molecule has 0 fully saturated rings. The molecule has 2 nitrogen and oxygen atoms in total. The van der Waals surface area contributed by atoms with Crippen LogP contribution in [0.1, 0.15) is 6.42 Å². The van der Waals surface area contributed by atoms with Crippen molar-refractivity contribution in [1.29, 1.82) is 10.5 Å². The summed E-state index contributed by atoms with van der Waals surface area (Å²) in [4.78, 5) is 0. The van der Waals surface area contributed by atoms with Crippen LogP contribution in [0.3, 0.4) is 0 Å². The first-order chi connectivity index (χ1) is 3.41. The summed E-state index contributed by atoms with van der Waals surface area (Å²) in [6, 6.07) is 3.64. The molecular weight excluding hydrogens is 88.1 g/mol. The van der Waals surface area contributed by atoms with Gasteiger partial charge in [0.05, 0.1) is 18.6 Å². The predicted octanol–water partition coefficient (Wildman–Crippen LogP) is 0.980. The number of hydrogen-bond donors (Lipinski definition) is 0. The Labute approximate surface area is 42.3 Å². The van der Waals surface area contributed by atoms with Gasteiger partial charge in [-0.25, -0.2) is 0 Å². The highest BCUT2D eigenvalue weighted by atomic mass is 14.2. The Morgan fingerprint density at radius 3 is 2.57 bits per heavy atom. The van der Waals surface area contributed by atoms with Gasteiger partial charge < -0.3 is 0 Å². The molecule has 7 heavy (non-hydrogen) atoms. The molecular formula is C5H4N2. The van der Waals surface area contributed by atoms with Gasteiger partial charge in [-0.05, 0) is 0 Å². The van der Waals surface area contributed by atoms with E-state index in [0.29, 0.717) is 6.42 Å². The number of nitriles is 2. The lowest BCUT2D eigenvalue weighted by molar-refractivity contribution is 1.35. The van der Waals surface area contributed by atoms with Gasteiger partial charge >= 0.3 is 0 Å². The Bertz CT molecular complexity index is 133. The quantitative estimate of drug-likeness (QED) is 0.452. The van der Waals surface area contributed by atoms with Gasteiger partial charge in [0.15, 0.2) is 0 Å². The predicted molar refractivity (Wildman–Crippen MR) is 25.0 cm³/mol. The summed E-state index contributed by atoms with van der Waals surface area (Å²) < 4.78 is 0. The van der Waals surface area contributed by atoms with Gasteiger partial charge in [-0.1, -0.05) is 6.08 Å². The summed E-state index contributed by atoms with van der Waals surface area (Å²) in [5.74, 6) is 0. The zero-order chi connectivity index (χ0) is 5.54. The Hall–Kier alpha value is -1.28. The molecule has 34 valence electrons. The van der Waals surface area contributed by atoms with Crippen molar-refractivity contribution in [2.75, 3.05) is 0 Å². The van der Waals surface area contributed by atoms with Crippen molar-refractivity contribution >= 4 is 0 Å². The minimum absolute atomic E-state index is 0.327. The molecule has 0 radical (unpaired) electrons. The van der Waals surface area contributed by atoms with Crippen LogP contribution in [0.4, 0.5) is 0 Å². The van der Waals surface area contributed by atoms with E-state index in [0.717, 1.165) is 0 Å². The molecule has 2 heteroatoms. The molecule has 0 atom stereocenters. The number of allylic oxidation sites excluding steroid dienone is 2. The molecule has 0 unspecified atom stereocenters. The van der Waals surface area contributed by atoms with Gasteiger partial charge in [0, 0.05) is 6.08 Å². The smallest absolute Gasteiger partial charge is 0.0909 e. The van der Waals surface area contributed by atoms with Crippen molar-refractivity contribution in [3.63, 3.8) is 0 Å². The van der Waals surface area contributed by atoms with Crippen molar-refractivity contribution in [3.05, 3.63) is 12.2 Å². The highest BCUT2D eigenvalue weighted by Gasteiger charge is 1.65. The summed E-state index contributed by atoms with van der Waals surface area (Å²) in [5.41, 5.74) is 0. The van der Waals surface area contributed by atoms with E-state index in [1.165, 1.54) is 12.2 Å². The SMILES string of the molecule is N#C/C=C/CC#N. The van der Waals surface area contributed by atoms with E-state index in [4.69, 9.17) is 10.5 Å². The second-order valence-electron chi connectivity index (χ2n) is 0.894. The summed E-state index contributed by atoms with van der Waals surface area (Å²) >= 11 is 0. The van der Waals surface area contributed by atoms with E-state index in [-0.39, 0.29) is 0 Å². The van der Waals surface area contributed by atoms with Crippen LogP contribution in [-0.4, -0.2) is 0 Å². The molecule has 0 saturated carbocycles. The van der Waals surface area contributed by atoms with Crippen LogP contribution in [0.5, 0.6) is 0 Å². The molecule has 0 rings (SSSR count). The lowest BCUT2D eigenvalue weighted by atomic mass is 10.4. The Balaban J connectivity index is 3.19. The zero-order valence-corrected chi connectivity index (χ0v) is 3.76. The van der Waals surface area contributed by atoms with Crippen LogP contribution in [0.25, 0.3) is 0 Å². The summed E-state index contributed by atoms with van der Waals surface area (Å²) in [7, 11) is 0. The van der Waals surface area contributed by atoms with Crippen LogP contribution in [-0.2, 0) is 0 Å². The molecule has 0 aromatic carbocycles. The van der Waals surface area contributed by atoms with Gasteiger partial charge in [-0.15, -0.1) is 0 Å². The van der Waals surface area contributed by atoms with Gasteiger partial charge in [0.1, 0.15) is 0 Å². The number of nitrogens with zero attached hydrogens (tertiary/aromatic N) is 2. The topological polar surface area (TPSA) is 47.6 Å². The molecule has 0 spiro atoms. The maximum atomic E-state index is 7.88. The monoisotopic (exact) mass is 92.0 g/mol. The first-order valence-corrected chi connectivity index (χ1v) is 1.83. The molecule has 0 aliphatic rings. The maximum Gasteiger partial charge on any atom is 0.0909 e. The first-order valence-electron chi connectivity index (χ1n) is 1.83. The fourth-order valence-corrected chi connectivity index (χ4v) is 0.164. The average molecular weight is 92.1 g/mol. The minimum Gasteiger partial charge on any atom is -0.198 e. The minimum atomic E-state index is 0.327. The van der Waals surface area contributed by atoms with E-state index in [1.807, 2.05) is 6.07 Å². The fourth-order valence-electron chi connectivity index (χ4n) is 0.164. The lowest BCUT2D eigenvalue weighted by Crippen LogP contribution is -1.52. The standard InChI is InChI=1S/C5H4N2/c6-4-2-1-3-5-7/h1-2H,3H2/b2-1+. The van der Waals surface area contributed by atoms with E-state index >= 15 is 0 Å². The third kappa shape index (κ3) is 4.72. The lowest BCUT2D eigenvalue weighted by Gasteiger charge is -1.61. The van der Waals surface area contributed by atoms with Gasteiger partial charge in [0.2, 0.25) is 0 Å². The van der Waals surface area contributed by atoms with Crippen molar-refractivity contribution < 1.29 is 0 Å². The first kappa shape index (κ1) is 5.72. The van der Waals surface area contributed by atoms with Gasteiger partial charge in [-0.2, -0.15) is 10.5 Å². The van der Waals surface area contributed by atoms with E-state index < -0.39 is 0 Å². The number of rotatable bonds is 1. The highest BCUT2D eigenvalue weighted by molar-refractivity contribution is 5.04. The van der Waals surface area contributed by atoms with Crippen molar-refractivity contribution in [2.24, 2.45) is 0 Å². The molecule has 0 aliphatic heterocycles. The summed E-state index contributed by atoms with van der Waals surface area (Å²) in [6.07, 6.45) is 3.14.